The molecule has 1 unspecified atom stereocenters. The molecule has 1 aliphatic heterocycles. The minimum atomic E-state index is 0.108. The second kappa shape index (κ2) is 5.18. The van der Waals surface area contributed by atoms with Gasteiger partial charge >= 0.3 is 0 Å². The molecule has 0 fully saturated rings. The molecule has 0 bridgehead atoms. The van der Waals surface area contributed by atoms with Crippen LogP contribution in [0.25, 0.3) is 0 Å². The predicted octanol–water partition coefficient (Wildman–Crippen LogP) is 2.62. The fourth-order valence-electron chi connectivity index (χ4n) is 2.43. The first-order chi connectivity index (χ1) is 9.34. The maximum absolute atomic E-state index is 12.2. The van der Waals surface area contributed by atoms with Crippen molar-refractivity contribution in [3.05, 3.63) is 53.9 Å². The number of rotatable bonds is 3. The van der Waals surface area contributed by atoms with E-state index in [2.05, 4.69) is 10.2 Å². The van der Waals surface area contributed by atoms with Crippen LogP contribution in [0, 0.1) is 0 Å². The van der Waals surface area contributed by atoms with Gasteiger partial charge in [-0.3, -0.25) is 4.79 Å². The van der Waals surface area contributed by atoms with Crippen molar-refractivity contribution in [2.75, 3.05) is 6.61 Å². The first kappa shape index (κ1) is 11.8. The monoisotopic (exact) mass is 254 g/mol. The first-order valence-corrected chi connectivity index (χ1v) is 6.36. The Bertz CT molecular complexity index is 584. The van der Waals surface area contributed by atoms with Crippen molar-refractivity contribution in [3.8, 4) is 5.75 Å². The Morgan fingerprint density at radius 3 is 3.00 bits per heavy atom. The van der Waals surface area contributed by atoms with Gasteiger partial charge in [0.2, 0.25) is 0 Å². The van der Waals surface area contributed by atoms with Crippen molar-refractivity contribution in [3.63, 3.8) is 0 Å². The minimum Gasteiger partial charge on any atom is -0.493 e. The van der Waals surface area contributed by atoms with Crippen LogP contribution in [0.1, 0.15) is 34.7 Å². The highest BCUT2D eigenvalue weighted by molar-refractivity contribution is 5.96. The minimum absolute atomic E-state index is 0.108. The van der Waals surface area contributed by atoms with Crippen LogP contribution in [0.2, 0.25) is 0 Å². The molecule has 4 nitrogen and oxygen atoms in total. The standard InChI is InChI=1S/C15H14N2O2/c18-14(12-5-7-16-17-10-12)9-11-6-8-19-15-4-2-1-3-13(11)15/h1-5,7,10-11H,6,8-9H2. The third kappa shape index (κ3) is 2.47. The van der Waals surface area contributed by atoms with E-state index in [1.807, 2.05) is 24.3 Å². The number of aromatic nitrogens is 2. The molecule has 0 spiro atoms. The highest BCUT2D eigenvalue weighted by atomic mass is 16.5. The number of Topliss-reactive ketones (excluding diaryl/α,β-unsaturated/α-hetero) is 1. The van der Waals surface area contributed by atoms with E-state index in [9.17, 15) is 4.79 Å². The molecule has 0 N–H and O–H groups in total. The Labute approximate surface area is 111 Å². The molecule has 19 heavy (non-hydrogen) atoms. The van der Waals surface area contributed by atoms with Crippen molar-refractivity contribution in [2.24, 2.45) is 0 Å². The Morgan fingerprint density at radius 2 is 2.16 bits per heavy atom. The van der Waals surface area contributed by atoms with Gasteiger partial charge < -0.3 is 4.74 Å². The summed E-state index contributed by atoms with van der Waals surface area (Å²) in [5.41, 5.74) is 1.75. The van der Waals surface area contributed by atoms with Crippen LogP contribution in [0.5, 0.6) is 5.75 Å². The molecule has 1 aromatic heterocycles. The largest absolute Gasteiger partial charge is 0.493 e. The Morgan fingerprint density at radius 1 is 1.26 bits per heavy atom. The van der Waals surface area contributed by atoms with Crippen molar-refractivity contribution >= 4 is 5.78 Å². The van der Waals surface area contributed by atoms with E-state index in [-0.39, 0.29) is 11.7 Å². The van der Waals surface area contributed by atoms with E-state index in [4.69, 9.17) is 4.74 Å². The number of nitrogens with zero attached hydrogens (tertiary/aromatic N) is 2. The van der Waals surface area contributed by atoms with E-state index < -0.39 is 0 Å². The summed E-state index contributed by atoms with van der Waals surface area (Å²) in [5, 5.41) is 7.44. The highest BCUT2D eigenvalue weighted by Crippen LogP contribution is 2.35. The summed E-state index contributed by atoms with van der Waals surface area (Å²) in [6.07, 6.45) is 4.44. The zero-order chi connectivity index (χ0) is 13.1. The fourth-order valence-corrected chi connectivity index (χ4v) is 2.43. The molecule has 0 radical (unpaired) electrons. The number of fused-ring (bicyclic) bond motifs is 1. The van der Waals surface area contributed by atoms with Gasteiger partial charge in [0.15, 0.2) is 5.78 Å². The molecule has 1 aliphatic rings. The lowest BCUT2D eigenvalue weighted by Gasteiger charge is -2.25. The topological polar surface area (TPSA) is 52.1 Å². The third-order valence-corrected chi connectivity index (χ3v) is 3.42. The van der Waals surface area contributed by atoms with Crippen LogP contribution < -0.4 is 4.74 Å². The lowest BCUT2D eigenvalue weighted by atomic mass is 9.87. The number of ether oxygens (including phenoxy) is 1. The lowest BCUT2D eigenvalue weighted by Crippen LogP contribution is -2.17. The summed E-state index contributed by atoms with van der Waals surface area (Å²) in [7, 11) is 0. The van der Waals surface area contributed by atoms with Crippen molar-refractivity contribution < 1.29 is 9.53 Å². The van der Waals surface area contributed by atoms with Gasteiger partial charge in [-0.25, -0.2) is 0 Å². The summed E-state index contributed by atoms with van der Waals surface area (Å²) in [5.74, 6) is 1.24. The number of hydrogen-bond acceptors (Lipinski definition) is 4. The molecular formula is C15H14N2O2. The second-order valence-corrected chi connectivity index (χ2v) is 4.63. The zero-order valence-corrected chi connectivity index (χ0v) is 10.5. The molecule has 0 saturated carbocycles. The molecular weight excluding hydrogens is 240 g/mol. The Hall–Kier alpha value is -2.23. The number of hydrogen-bond donors (Lipinski definition) is 0. The molecule has 0 amide bonds. The van der Waals surface area contributed by atoms with Gasteiger partial charge in [-0.15, -0.1) is 0 Å². The molecule has 1 atom stereocenters. The third-order valence-electron chi connectivity index (χ3n) is 3.42. The molecule has 3 rings (SSSR count). The zero-order valence-electron chi connectivity index (χ0n) is 10.5. The summed E-state index contributed by atoms with van der Waals surface area (Å²) >= 11 is 0. The normalized spacial score (nSPS) is 17.4. The van der Waals surface area contributed by atoms with Crippen LogP contribution in [-0.2, 0) is 0 Å². The smallest absolute Gasteiger partial charge is 0.165 e. The quantitative estimate of drug-likeness (QED) is 0.790. The van der Waals surface area contributed by atoms with Gasteiger partial charge in [0.25, 0.3) is 0 Å². The van der Waals surface area contributed by atoms with E-state index in [1.54, 1.807) is 12.3 Å². The van der Waals surface area contributed by atoms with Crippen LogP contribution in [0.15, 0.2) is 42.7 Å². The number of carbonyl (C=O) groups is 1. The fraction of sp³-hybridized carbons (Fsp3) is 0.267. The molecule has 2 heterocycles. The van der Waals surface area contributed by atoms with E-state index in [0.717, 1.165) is 17.7 Å². The maximum Gasteiger partial charge on any atom is 0.165 e. The van der Waals surface area contributed by atoms with Crippen molar-refractivity contribution in [1.82, 2.24) is 10.2 Å². The predicted molar refractivity (Wildman–Crippen MR) is 70.3 cm³/mol. The second-order valence-electron chi connectivity index (χ2n) is 4.63. The van der Waals surface area contributed by atoms with Gasteiger partial charge in [-0.1, -0.05) is 18.2 Å². The number of carbonyl (C=O) groups excluding carboxylic acids is 1. The maximum atomic E-state index is 12.2. The number of ketones is 1. The number of benzene rings is 1. The molecule has 0 saturated heterocycles. The van der Waals surface area contributed by atoms with Crippen molar-refractivity contribution in [2.45, 2.75) is 18.8 Å². The summed E-state index contributed by atoms with van der Waals surface area (Å²) in [6.45, 7) is 0.670. The van der Waals surface area contributed by atoms with Gasteiger partial charge in [-0.2, -0.15) is 10.2 Å². The molecule has 4 heteroatoms. The Kier molecular flexibility index (Phi) is 3.23. The number of para-hydroxylation sites is 1. The van der Waals surface area contributed by atoms with E-state index >= 15 is 0 Å². The van der Waals surface area contributed by atoms with Gasteiger partial charge in [0, 0.05) is 12.0 Å². The highest BCUT2D eigenvalue weighted by Gasteiger charge is 2.23. The molecule has 1 aromatic carbocycles. The van der Waals surface area contributed by atoms with Gasteiger partial charge in [-0.05, 0) is 30.0 Å². The van der Waals surface area contributed by atoms with E-state index in [1.165, 1.54) is 6.20 Å². The van der Waals surface area contributed by atoms with Gasteiger partial charge in [0.05, 0.1) is 19.0 Å². The lowest BCUT2D eigenvalue weighted by molar-refractivity contribution is 0.0965. The summed E-state index contributed by atoms with van der Waals surface area (Å²) < 4.78 is 5.61. The van der Waals surface area contributed by atoms with E-state index in [0.29, 0.717) is 18.6 Å². The Balaban J connectivity index is 1.80. The molecule has 96 valence electrons. The SMILES string of the molecule is O=C(CC1CCOc2ccccc21)c1ccnnc1. The summed E-state index contributed by atoms with van der Waals surface area (Å²) in [4.78, 5) is 12.2. The average Bonchev–Trinajstić information content (AvgIpc) is 2.48. The molecule has 0 aliphatic carbocycles. The van der Waals surface area contributed by atoms with Crippen molar-refractivity contribution in [1.29, 1.82) is 0 Å². The van der Waals surface area contributed by atoms with Crippen LogP contribution in [0.3, 0.4) is 0 Å². The van der Waals surface area contributed by atoms with Gasteiger partial charge in [0.1, 0.15) is 5.75 Å². The average molecular weight is 254 g/mol. The first-order valence-electron chi connectivity index (χ1n) is 6.36. The molecule has 2 aromatic rings. The van der Waals surface area contributed by atoms with Crippen LogP contribution in [-0.4, -0.2) is 22.6 Å². The summed E-state index contributed by atoms with van der Waals surface area (Å²) in [6, 6.07) is 9.65. The van der Waals surface area contributed by atoms with Crippen LogP contribution in [0.4, 0.5) is 0 Å². The van der Waals surface area contributed by atoms with Crippen LogP contribution >= 0.6 is 0 Å².